The minimum atomic E-state index is -0.717. The summed E-state index contributed by atoms with van der Waals surface area (Å²) in [5.41, 5.74) is 1.18. The fourth-order valence-electron chi connectivity index (χ4n) is 2.77. The summed E-state index contributed by atoms with van der Waals surface area (Å²) in [6.07, 6.45) is 4.39. The highest BCUT2D eigenvalue weighted by molar-refractivity contribution is 6.10. The van der Waals surface area contributed by atoms with Crippen molar-refractivity contribution in [1.82, 2.24) is 15.0 Å². The molecule has 0 saturated heterocycles. The van der Waals surface area contributed by atoms with Gasteiger partial charge in [0.15, 0.2) is 0 Å². The third-order valence-corrected chi connectivity index (χ3v) is 4.09. The van der Waals surface area contributed by atoms with Crippen molar-refractivity contribution < 1.29 is 18.4 Å². The third kappa shape index (κ3) is 3.96. The van der Waals surface area contributed by atoms with Gasteiger partial charge < -0.3 is 5.32 Å². The number of hydrogen-bond donors (Lipinski definition) is 1. The second-order valence-corrected chi connectivity index (χ2v) is 6.14. The molecule has 142 valence electrons. The molecule has 29 heavy (non-hydrogen) atoms. The zero-order valence-electron chi connectivity index (χ0n) is 14.8. The Morgan fingerprint density at radius 1 is 0.793 bits per heavy atom. The maximum absolute atomic E-state index is 14.1. The highest BCUT2D eigenvalue weighted by Crippen LogP contribution is 2.19. The average Bonchev–Trinajstić information content (AvgIpc) is 2.72. The van der Waals surface area contributed by atoms with Crippen molar-refractivity contribution >= 4 is 28.4 Å². The summed E-state index contributed by atoms with van der Waals surface area (Å²) in [6, 6.07) is 9.96. The van der Waals surface area contributed by atoms with Gasteiger partial charge in [-0.2, -0.15) is 0 Å². The highest BCUT2D eigenvalue weighted by Gasteiger charge is 2.15. The van der Waals surface area contributed by atoms with E-state index < -0.39 is 23.3 Å². The molecule has 1 amide bonds. The summed E-state index contributed by atoms with van der Waals surface area (Å²) < 4.78 is 27.4. The van der Waals surface area contributed by atoms with Gasteiger partial charge in [-0.25, -0.2) is 8.78 Å². The van der Waals surface area contributed by atoms with E-state index in [-0.39, 0.29) is 22.5 Å². The second-order valence-electron chi connectivity index (χ2n) is 6.14. The van der Waals surface area contributed by atoms with Crippen molar-refractivity contribution in [2.24, 2.45) is 0 Å². The number of aromatic nitrogens is 3. The molecule has 0 bridgehead atoms. The molecule has 6 nitrogen and oxygen atoms in total. The lowest BCUT2D eigenvalue weighted by molar-refractivity contribution is 0.101. The van der Waals surface area contributed by atoms with Gasteiger partial charge in [0, 0.05) is 29.2 Å². The summed E-state index contributed by atoms with van der Waals surface area (Å²) >= 11 is 0. The van der Waals surface area contributed by atoms with Crippen LogP contribution in [-0.4, -0.2) is 26.6 Å². The molecule has 0 aliphatic heterocycles. The molecule has 2 aromatic carbocycles. The monoisotopic (exact) mass is 390 g/mol. The molecule has 4 rings (SSSR count). The van der Waals surface area contributed by atoms with Gasteiger partial charge in [0.2, 0.25) is 5.78 Å². The van der Waals surface area contributed by atoms with Gasteiger partial charge in [0.05, 0.1) is 11.7 Å². The number of carbonyl (C=O) groups is 2. The fraction of sp³-hybridized carbons (Fsp3) is 0. The molecule has 0 atom stereocenters. The normalized spacial score (nSPS) is 10.7. The Hall–Kier alpha value is -4.07. The Bertz CT molecular complexity index is 1260. The molecule has 0 aliphatic carbocycles. The number of pyridine rings is 1. The Labute approximate surface area is 163 Å². The zero-order chi connectivity index (χ0) is 20.4. The van der Waals surface area contributed by atoms with Gasteiger partial charge in [0.1, 0.15) is 22.8 Å². The topological polar surface area (TPSA) is 84.8 Å². The summed E-state index contributed by atoms with van der Waals surface area (Å²) in [7, 11) is 0. The Balaban J connectivity index is 1.63. The Morgan fingerprint density at radius 2 is 1.55 bits per heavy atom. The van der Waals surface area contributed by atoms with Crippen LogP contribution in [0, 0.1) is 11.6 Å². The van der Waals surface area contributed by atoms with Crippen LogP contribution in [-0.2, 0) is 0 Å². The van der Waals surface area contributed by atoms with Crippen LogP contribution in [0.25, 0.3) is 11.0 Å². The van der Waals surface area contributed by atoms with Gasteiger partial charge in [-0.3, -0.25) is 24.5 Å². The van der Waals surface area contributed by atoms with Crippen molar-refractivity contribution in [3.63, 3.8) is 0 Å². The molecular formula is C21H12F2N4O2. The van der Waals surface area contributed by atoms with E-state index in [4.69, 9.17) is 0 Å². The Morgan fingerprint density at radius 3 is 2.34 bits per heavy atom. The molecule has 8 heteroatoms. The quantitative estimate of drug-likeness (QED) is 0.536. The number of amides is 1. The van der Waals surface area contributed by atoms with Gasteiger partial charge in [0.25, 0.3) is 5.91 Å². The van der Waals surface area contributed by atoms with E-state index in [1.54, 1.807) is 0 Å². The first-order valence-corrected chi connectivity index (χ1v) is 8.48. The Kier molecular flexibility index (Phi) is 4.74. The van der Waals surface area contributed by atoms with Gasteiger partial charge in [-0.05, 0) is 42.5 Å². The first-order chi connectivity index (χ1) is 14.0. The standard InChI is InChI=1S/C21H12F2N4O2/c22-14-3-1-2-12(6-14)21(29)27-16-8-13(7-15(23)9-16)20(28)18-10-17-19(11-26-18)25-5-4-24-17/h1-11H,(H,27,29). The smallest absolute Gasteiger partial charge is 0.255 e. The molecule has 1 N–H and O–H groups in total. The van der Waals surface area contributed by atoms with Gasteiger partial charge >= 0.3 is 0 Å². The van der Waals surface area contributed by atoms with E-state index in [9.17, 15) is 18.4 Å². The van der Waals surface area contributed by atoms with Crippen LogP contribution < -0.4 is 5.32 Å². The van der Waals surface area contributed by atoms with E-state index >= 15 is 0 Å². The molecule has 0 saturated carbocycles. The second kappa shape index (κ2) is 7.51. The number of benzene rings is 2. The lowest BCUT2D eigenvalue weighted by atomic mass is 10.1. The van der Waals surface area contributed by atoms with E-state index in [1.807, 2.05) is 0 Å². The predicted octanol–water partition coefficient (Wildman–Crippen LogP) is 3.79. The molecular weight excluding hydrogens is 378 g/mol. The number of carbonyl (C=O) groups excluding carboxylic acids is 2. The molecule has 0 aliphatic rings. The molecule has 0 unspecified atom stereocenters. The third-order valence-electron chi connectivity index (χ3n) is 4.09. The maximum Gasteiger partial charge on any atom is 0.255 e. The summed E-state index contributed by atoms with van der Waals surface area (Å²) in [5, 5.41) is 2.46. The number of nitrogens with zero attached hydrogens (tertiary/aromatic N) is 3. The molecule has 0 radical (unpaired) electrons. The van der Waals surface area contributed by atoms with Crippen molar-refractivity contribution in [2.75, 3.05) is 5.32 Å². The number of ketones is 1. The number of anilines is 1. The summed E-state index contributed by atoms with van der Waals surface area (Å²) in [4.78, 5) is 37.3. The lowest BCUT2D eigenvalue weighted by Gasteiger charge is -2.08. The van der Waals surface area contributed by atoms with E-state index in [0.29, 0.717) is 11.0 Å². The van der Waals surface area contributed by atoms with E-state index in [2.05, 4.69) is 20.3 Å². The molecule has 0 spiro atoms. The number of rotatable bonds is 4. The van der Waals surface area contributed by atoms with Gasteiger partial charge in [-0.15, -0.1) is 0 Å². The van der Waals surface area contributed by atoms with Crippen LogP contribution in [0.1, 0.15) is 26.4 Å². The number of nitrogens with one attached hydrogen (secondary N) is 1. The van der Waals surface area contributed by atoms with E-state index in [1.165, 1.54) is 48.9 Å². The number of fused-ring (bicyclic) bond motifs is 1. The fourth-order valence-corrected chi connectivity index (χ4v) is 2.77. The van der Waals surface area contributed by atoms with Crippen LogP contribution in [0.15, 0.2) is 67.1 Å². The first-order valence-electron chi connectivity index (χ1n) is 8.48. The SMILES string of the molecule is O=C(Nc1cc(F)cc(C(=O)c2cc3nccnc3cn2)c1)c1cccc(F)c1. The van der Waals surface area contributed by atoms with Crippen molar-refractivity contribution in [3.05, 3.63) is 95.6 Å². The molecule has 0 fully saturated rings. The average molecular weight is 390 g/mol. The van der Waals surface area contributed by atoms with Gasteiger partial charge in [-0.1, -0.05) is 6.07 Å². The largest absolute Gasteiger partial charge is 0.322 e. The maximum atomic E-state index is 14.1. The van der Waals surface area contributed by atoms with Crippen LogP contribution in [0.3, 0.4) is 0 Å². The van der Waals surface area contributed by atoms with Crippen molar-refractivity contribution in [3.8, 4) is 0 Å². The van der Waals surface area contributed by atoms with Crippen LogP contribution in [0.2, 0.25) is 0 Å². The van der Waals surface area contributed by atoms with Crippen LogP contribution in [0.5, 0.6) is 0 Å². The highest BCUT2D eigenvalue weighted by atomic mass is 19.1. The summed E-state index contributed by atoms with van der Waals surface area (Å²) in [6.45, 7) is 0. The molecule has 2 heterocycles. The zero-order valence-corrected chi connectivity index (χ0v) is 14.8. The molecule has 4 aromatic rings. The number of hydrogen-bond acceptors (Lipinski definition) is 5. The van der Waals surface area contributed by atoms with Crippen LogP contribution in [0.4, 0.5) is 14.5 Å². The lowest BCUT2D eigenvalue weighted by Crippen LogP contribution is -2.13. The van der Waals surface area contributed by atoms with Crippen molar-refractivity contribution in [1.29, 1.82) is 0 Å². The minimum absolute atomic E-state index is 0.00437. The van der Waals surface area contributed by atoms with Crippen LogP contribution >= 0.6 is 0 Å². The van der Waals surface area contributed by atoms with Crippen molar-refractivity contribution in [2.45, 2.75) is 0 Å². The first kappa shape index (κ1) is 18.3. The number of halogens is 2. The predicted molar refractivity (Wildman–Crippen MR) is 102 cm³/mol. The minimum Gasteiger partial charge on any atom is -0.322 e. The molecule has 2 aromatic heterocycles. The summed E-state index contributed by atoms with van der Waals surface area (Å²) in [5.74, 6) is -2.46. The van der Waals surface area contributed by atoms with E-state index in [0.717, 1.165) is 18.2 Å².